The summed E-state index contributed by atoms with van der Waals surface area (Å²) in [6.07, 6.45) is 1.32. The van der Waals surface area contributed by atoms with Crippen molar-refractivity contribution in [1.82, 2.24) is 95.0 Å². The normalized spacial score (nSPS) is 14.5. The number of nitrogens with one attached hydrogen (secondary N) is 20. The van der Waals surface area contributed by atoms with Crippen molar-refractivity contribution in [2.45, 2.75) is 250 Å². The number of nitrogens with two attached hydrogens (primary N) is 6. The molecule has 1 aromatic heterocycles. The zero-order valence-electron chi connectivity index (χ0n) is 69.4. The fraction of sp³-hybridized carbons (Fsp3) is 0.627. The maximum absolute atomic E-state index is 15.0. The Morgan fingerprint density at radius 3 is 1.27 bits per heavy atom. The van der Waals surface area contributed by atoms with Crippen LogP contribution < -0.4 is 119 Å². The van der Waals surface area contributed by atoms with Gasteiger partial charge in [-0.25, -0.2) is 4.98 Å². The van der Waals surface area contributed by atoms with Crippen LogP contribution in [0.15, 0.2) is 42.9 Å². The van der Waals surface area contributed by atoms with Gasteiger partial charge in [-0.05, 0) is 127 Å². The quantitative estimate of drug-likeness (QED) is 0.0166. The molecule has 0 fully saturated rings. The number of carboxylic acid groups (broad SMARTS) is 2. The highest BCUT2D eigenvalue weighted by Crippen LogP contribution is 2.16. The minimum absolute atomic E-state index is 0.0138. The molecule has 2 aromatic rings. The average Bonchev–Trinajstić information content (AvgIpc) is 1.14. The van der Waals surface area contributed by atoms with Crippen LogP contribution in [0.2, 0.25) is 0 Å². The summed E-state index contributed by atoms with van der Waals surface area (Å²) < 4.78 is 0. The van der Waals surface area contributed by atoms with E-state index in [2.05, 4.69) is 95.0 Å². The predicted octanol–water partition coefficient (Wildman–Crippen LogP) is -6.23. The maximum Gasteiger partial charge on any atom is 0.325 e. The highest BCUT2D eigenvalue weighted by molar-refractivity contribution is 6.00. The number of nitrogens with zero attached hydrogens (tertiary/aromatic N) is 1. The number of carbonyl (C=O) groups is 16. The number of aliphatic carboxylic acids is 2. The molecule has 14 amide bonds. The summed E-state index contributed by atoms with van der Waals surface area (Å²) in [5.41, 5.74) is 34.4. The first-order chi connectivity index (χ1) is 56.5. The molecule has 0 aliphatic carbocycles. The Bertz CT molecular complexity index is 3740. The van der Waals surface area contributed by atoms with Gasteiger partial charge in [0.25, 0.3) is 0 Å². The van der Waals surface area contributed by atoms with Crippen LogP contribution in [0.25, 0.3) is 0 Å². The lowest BCUT2D eigenvalue weighted by Gasteiger charge is -2.30. The average molecular weight is 1700 g/mol. The fourth-order valence-corrected chi connectivity index (χ4v) is 11.9. The van der Waals surface area contributed by atoms with E-state index in [1.54, 1.807) is 71.9 Å². The van der Waals surface area contributed by atoms with Gasteiger partial charge in [0.15, 0.2) is 17.9 Å². The Labute approximate surface area is 696 Å². The third-order valence-corrected chi connectivity index (χ3v) is 18.7. The number of carbonyl (C=O) groups excluding carboxylic acids is 14. The zero-order valence-corrected chi connectivity index (χ0v) is 69.4. The third kappa shape index (κ3) is 42.2. The van der Waals surface area contributed by atoms with Gasteiger partial charge in [0.05, 0.1) is 24.6 Å². The minimum Gasteiger partial charge on any atom is -0.481 e. The Morgan fingerprint density at radius 1 is 0.433 bits per heavy atom. The van der Waals surface area contributed by atoms with Crippen LogP contribution in [0.4, 0.5) is 0 Å². The molecule has 0 spiro atoms. The molecule has 1 heterocycles. The van der Waals surface area contributed by atoms with Crippen molar-refractivity contribution < 1.29 is 86.9 Å². The van der Waals surface area contributed by atoms with Gasteiger partial charge in [0, 0.05) is 51.5 Å². The first-order valence-corrected chi connectivity index (χ1v) is 39.9. The number of unbranched alkanes of at least 4 members (excludes halogenated alkanes) is 1. The Morgan fingerprint density at radius 2 is 0.842 bits per heavy atom. The molecule has 45 heteroatoms. The molecule has 0 saturated heterocycles. The number of imidazole rings is 1. The van der Waals surface area contributed by atoms with Crippen molar-refractivity contribution in [3.05, 3.63) is 54.1 Å². The van der Waals surface area contributed by atoms with Gasteiger partial charge in [-0.2, -0.15) is 0 Å². The molecule has 670 valence electrons. The highest BCUT2D eigenvalue weighted by Gasteiger charge is 2.38. The van der Waals surface area contributed by atoms with Gasteiger partial charge < -0.3 is 135 Å². The number of H-pyrrole nitrogens is 1. The molecule has 34 N–H and O–H groups in total. The molecule has 0 radical (unpaired) electrons. The van der Waals surface area contributed by atoms with Crippen molar-refractivity contribution in [3.8, 4) is 0 Å². The Kier molecular flexibility index (Phi) is 47.9. The number of aromatic amines is 1. The molecule has 0 bridgehead atoms. The summed E-state index contributed by atoms with van der Waals surface area (Å²) >= 11 is 0. The van der Waals surface area contributed by atoms with Gasteiger partial charge in [-0.15, -0.1) is 0 Å². The second kappa shape index (κ2) is 55.4. The Balaban J connectivity index is 2.58. The minimum atomic E-state index is -1.66. The summed E-state index contributed by atoms with van der Waals surface area (Å²) in [7, 11) is 0. The van der Waals surface area contributed by atoms with E-state index in [4.69, 9.17) is 50.6 Å². The number of hydrogen-bond donors (Lipinski definition) is 28. The van der Waals surface area contributed by atoms with E-state index in [1.807, 2.05) is 0 Å². The van der Waals surface area contributed by atoms with E-state index in [9.17, 15) is 86.9 Å². The smallest absolute Gasteiger partial charge is 0.325 e. The number of carboxylic acids is 2. The largest absolute Gasteiger partial charge is 0.481 e. The summed E-state index contributed by atoms with van der Waals surface area (Å²) in [5.74, 6) is -17.9. The van der Waals surface area contributed by atoms with E-state index in [1.165, 1.54) is 26.4 Å². The molecule has 0 aliphatic rings. The Hall–Kier alpha value is -12.3. The van der Waals surface area contributed by atoms with Gasteiger partial charge >= 0.3 is 11.9 Å². The zero-order chi connectivity index (χ0) is 90.3. The summed E-state index contributed by atoms with van der Waals surface area (Å²) in [5, 5.41) is 83.3. The standard InChI is InChI=1S/C75H127N27O18/c1-9-41(6)59(102-70(117)54(34-44-18-11-10-12-19-44)101-65(112)49(22-16-30-87-74(81)82)93-60(107)42(7)91-57(104)37-89-62(109)55(35-45-36-85-38-90-45)98-61(108)46(77)24-26-56(78)103)71(118)97-50(23-17-31-88-75(83)84)66(113)100-52(32-39(2)3)68(115)95-47(20-13-14-28-76)64(111)99-53(33-40(4)5)69(116)96-51(25-27-58(105)106)67(114)94-48(21-15-29-86-73(79)80)63(110)92-43(8)72(119)120/h10-12,18-19,36,38-43,46-55,59H,9,13-17,20-35,37,76-77H2,1-8H3,(H2,78,103)(H,85,90)(H,89,109)(H,91,104)(H,92,110)(H,93,107)(H,94,114)(H,95,115)(H,96,116)(H,97,118)(H,98,108)(H,99,111)(H,100,113)(H,101,112)(H,102,117)(H,105,106)(H,119,120)(H4,79,80,86)(H4,81,82,87)(H4,83,84,88)/t41-,42-,43-,46-,47-,48-,49-,50-,51-,52-,53-,54-,55-,59-/m0/s1. The number of benzene rings is 1. The molecular weight excluding hydrogens is 1570 g/mol. The second-order valence-corrected chi connectivity index (χ2v) is 30.0. The topological polar surface area (TPSA) is 762 Å². The van der Waals surface area contributed by atoms with Crippen LogP contribution in [0.3, 0.4) is 0 Å². The molecule has 120 heavy (non-hydrogen) atoms. The summed E-state index contributed by atoms with van der Waals surface area (Å²) in [6, 6.07) is -10.3. The first-order valence-electron chi connectivity index (χ1n) is 39.9. The number of amides is 14. The third-order valence-electron chi connectivity index (χ3n) is 18.7. The van der Waals surface area contributed by atoms with E-state index in [0.717, 1.165) is 0 Å². The van der Waals surface area contributed by atoms with Crippen molar-refractivity contribution in [1.29, 1.82) is 16.2 Å². The SMILES string of the molecule is CC[C@H](C)[C@H](NC(=O)[C@H](Cc1ccccc1)NC(=O)[C@H](CCCNC(=N)N)NC(=O)[C@H](C)NC(=O)CNC(=O)[C@H](Cc1c[nH]cn1)NC(=O)[C@@H](N)CCC(N)=O)C(=O)N[C@@H](CCCNC(=N)N)C(=O)N[C@@H](CC(C)C)C(=O)N[C@@H](CCCCN)C(=O)N[C@@H](CC(C)C)C(=O)N[C@@H](CCC(=O)O)C(=O)N[C@@H](CCCNC(=N)N)C(=O)N[C@@H](C)C(=O)O. The predicted molar refractivity (Wildman–Crippen MR) is 440 cm³/mol. The van der Waals surface area contributed by atoms with Crippen LogP contribution in [0, 0.1) is 34.0 Å². The number of hydrogen-bond acceptors (Lipinski definition) is 22. The number of primary amides is 1. The lowest BCUT2D eigenvalue weighted by Crippen LogP contribution is -2.61. The highest BCUT2D eigenvalue weighted by atomic mass is 16.4. The van der Waals surface area contributed by atoms with Crippen LogP contribution in [-0.4, -0.2) is 244 Å². The molecule has 1 aromatic carbocycles. The molecule has 0 saturated carbocycles. The van der Waals surface area contributed by atoms with Gasteiger partial charge in [0.1, 0.15) is 72.5 Å². The van der Waals surface area contributed by atoms with Crippen molar-refractivity contribution >= 4 is 113 Å². The van der Waals surface area contributed by atoms with E-state index in [0.29, 0.717) is 17.7 Å². The van der Waals surface area contributed by atoms with Crippen molar-refractivity contribution in [3.63, 3.8) is 0 Å². The summed E-state index contributed by atoms with van der Waals surface area (Å²) in [4.78, 5) is 226. The maximum atomic E-state index is 15.0. The van der Waals surface area contributed by atoms with Crippen LogP contribution in [-0.2, 0) is 89.6 Å². The van der Waals surface area contributed by atoms with E-state index < -0.39 is 216 Å². The van der Waals surface area contributed by atoms with E-state index in [-0.39, 0.29) is 134 Å². The molecule has 0 aliphatic heterocycles. The summed E-state index contributed by atoms with van der Waals surface area (Å²) in [6.45, 7) is 12.3. The lowest BCUT2D eigenvalue weighted by atomic mass is 9.96. The molecule has 0 unspecified atom stereocenters. The van der Waals surface area contributed by atoms with Crippen LogP contribution in [0.5, 0.6) is 0 Å². The van der Waals surface area contributed by atoms with E-state index >= 15 is 0 Å². The van der Waals surface area contributed by atoms with Crippen LogP contribution in [0.1, 0.15) is 169 Å². The van der Waals surface area contributed by atoms with Crippen LogP contribution >= 0.6 is 0 Å². The van der Waals surface area contributed by atoms with Gasteiger partial charge in [-0.3, -0.25) is 92.9 Å². The first kappa shape index (κ1) is 104. The number of guanidine groups is 3. The van der Waals surface area contributed by atoms with Crippen molar-refractivity contribution in [2.24, 2.45) is 52.2 Å². The monoisotopic (exact) mass is 1690 g/mol. The second-order valence-electron chi connectivity index (χ2n) is 30.0. The molecule has 45 nitrogen and oxygen atoms in total. The number of rotatable bonds is 59. The number of aromatic nitrogens is 2. The van der Waals surface area contributed by atoms with Gasteiger partial charge in [0.2, 0.25) is 82.7 Å². The molecule has 14 atom stereocenters. The molecular formula is C75H127N27O18. The lowest BCUT2D eigenvalue weighted by molar-refractivity contribution is -0.142. The van der Waals surface area contributed by atoms with Gasteiger partial charge in [-0.1, -0.05) is 78.3 Å². The molecule has 2 rings (SSSR count). The van der Waals surface area contributed by atoms with Crippen molar-refractivity contribution in [2.75, 3.05) is 32.7 Å². The fourth-order valence-electron chi connectivity index (χ4n) is 11.9.